The molecule has 25 heavy (non-hydrogen) atoms. The summed E-state index contributed by atoms with van der Waals surface area (Å²) in [6.07, 6.45) is 0. The lowest BCUT2D eigenvalue weighted by molar-refractivity contribution is -0.0507. The number of hydrogen-bond donors (Lipinski definition) is 2. The summed E-state index contributed by atoms with van der Waals surface area (Å²) in [5, 5.41) is 6.11. The van der Waals surface area contributed by atoms with Crippen molar-refractivity contribution in [1.29, 1.82) is 0 Å². The molecule has 2 aromatic rings. The lowest BCUT2D eigenvalue weighted by Gasteiger charge is -2.14. The maximum atomic E-state index is 12.6. The van der Waals surface area contributed by atoms with Crippen molar-refractivity contribution in [3.8, 4) is 5.75 Å². The molecule has 0 heterocycles. The fourth-order valence-corrected chi connectivity index (χ4v) is 2.61. The van der Waals surface area contributed by atoms with E-state index in [0.717, 1.165) is 17.8 Å². The van der Waals surface area contributed by atoms with E-state index in [1.54, 1.807) is 26.0 Å². The van der Waals surface area contributed by atoms with E-state index in [1.165, 1.54) is 0 Å². The Morgan fingerprint density at radius 1 is 1.16 bits per heavy atom. The number of rotatable bonds is 7. The van der Waals surface area contributed by atoms with Gasteiger partial charge in [0.1, 0.15) is 5.75 Å². The number of halogens is 2. The zero-order valence-electron chi connectivity index (χ0n) is 14.5. The Kier molecular flexibility index (Phi) is 6.47. The maximum Gasteiger partial charge on any atom is 0.387 e. The first-order valence-corrected chi connectivity index (χ1v) is 8.08. The Hall–Kier alpha value is -2.47. The van der Waals surface area contributed by atoms with Crippen molar-refractivity contribution in [2.45, 2.75) is 33.9 Å². The second-order valence-corrected chi connectivity index (χ2v) is 5.71. The Labute approximate surface area is 146 Å². The minimum atomic E-state index is -2.89. The molecule has 6 heteroatoms. The predicted molar refractivity (Wildman–Crippen MR) is 94.3 cm³/mol. The van der Waals surface area contributed by atoms with Crippen LogP contribution in [0.15, 0.2) is 36.4 Å². The largest absolute Gasteiger partial charge is 0.434 e. The van der Waals surface area contributed by atoms with E-state index in [1.807, 2.05) is 31.2 Å². The minimum absolute atomic E-state index is 0.110. The van der Waals surface area contributed by atoms with Gasteiger partial charge in [-0.15, -0.1) is 0 Å². The zero-order valence-corrected chi connectivity index (χ0v) is 14.5. The second kappa shape index (κ2) is 8.58. The molecule has 0 aromatic heterocycles. The average Bonchev–Trinajstić information content (AvgIpc) is 2.57. The molecule has 0 aliphatic rings. The van der Waals surface area contributed by atoms with Gasteiger partial charge in [-0.1, -0.05) is 25.1 Å². The van der Waals surface area contributed by atoms with Crippen LogP contribution in [-0.4, -0.2) is 19.1 Å². The number of carbonyl (C=O) groups excluding carboxylic acids is 1. The molecule has 0 spiro atoms. The normalized spacial score (nSPS) is 10.8. The van der Waals surface area contributed by atoms with E-state index in [4.69, 9.17) is 0 Å². The van der Waals surface area contributed by atoms with E-state index in [-0.39, 0.29) is 11.7 Å². The Morgan fingerprint density at radius 2 is 1.80 bits per heavy atom. The van der Waals surface area contributed by atoms with Crippen molar-refractivity contribution in [2.24, 2.45) is 0 Å². The van der Waals surface area contributed by atoms with Crippen molar-refractivity contribution in [1.82, 2.24) is 5.32 Å². The summed E-state index contributed by atoms with van der Waals surface area (Å²) < 4.78 is 29.5. The molecule has 0 unspecified atom stereocenters. The smallest absolute Gasteiger partial charge is 0.387 e. The van der Waals surface area contributed by atoms with Gasteiger partial charge < -0.3 is 15.4 Å². The molecule has 2 N–H and O–H groups in total. The SMILES string of the molecule is CCNCc1ccccc1NC(=O)c1cc(C)c(OC(F)F)c(C)c1. The van der Waals surface area contributed by atoms with Gasteiger partial charge in [-0.2, -0.15) is 8.78 Å². The standard InChI is InChI=1S/C19H22F2N2O2/c1-4-22-11-14-7-5-6-8-16(14)23-18(24)15-9-12(2)17(13(3)10-15)25-19(20)21/h5-10,19,22H,4,11H2,1-3H3,(H,23,24). The van der Waals surface area contributed by atoms with E-state index in [9.17, 15) is 13.6 Å². The van der Waals surface area contributed by atoms with Crippen molar-refractivity contribution in [2.75, 3.05) is 11.9 Å². The molecular weight excluding hydrogens is 326 g/mol. The molecule has 0 fully saturated rings. The minimum Gasteiger partial charge on any atom is -0.434 e. The van der Waals surface area contributed by atoms with Crippen LogP contribution in [0.4, 0.5) is 14.5 Å². The highest BCUT2D eigenvalue weighted by Crippen LogP contribution is 2.27. The number of para-hydroxylation sites is 1. The van der Waals surface area contributed by atoms with Gasteiger partial charge in [0.2, 0.25) is 0 Å². The number of alkyl halides is 2. The van der Waals surface area contributed by atoms with E-state index in [0.29, 0.717) is 23.2 Å². The molecule has 0 bridgehead atoms. The fraction of sp³-hybridized carbons (Fsp3) is 0.316. The van der Waals surface area contributed by atoms with Crippen LogP contribution in [-0.2, 0) is 6.54 Å². The number of benzene rings is 2. The van der Waals surface area contributed by atoms with Crippen LogP contribution in [0.3, 0.4) is 0 Å². The first-order valence-electron chi connectivity index (χ1n) is 8.08. The molecule has 1 amide bonds. The van der Waals surface area contributed by atoms with Crippen molar-refractivity contribution < 1.29 is 18.3 Å². The monoisotopic (exact) mass is 348 g/mol. The lowest BCUT2D eigenvalue weighted by Crippen LogP contribution is -2.17. The predicted octanol–water partition coefficient (Wildman–Crippen LogP) is 4.27. The third kappa shape index (κ3) is 5.00. The maximum absolute atomic E-state index is 12.6. The molecule has 0 saturated heterocycles. The quantitative estimate of drug-likeness (QED) is 0.786. The third-order valence-electron chi connectivity index (χ3n) is 3.76. The Morgan fingerprint density at radius 3 is 2.40 bits per heavy atom. The number of ether oxygens (including phenoxy) is 1. The van der Waals surface area contributed by atoms with Gasteiger partial charge in [0.05, 0.1) is 0 Å². The first kappa shape index (κ1) is 18.9. The highest BCUT2D eigenvalue weighted by Gasteiger charge is 2.15. The fourth-order valence-electron chi connectivity index (χ4n) is 2.61. The van der Waals surface area contributed by atoms with Crippen LogP contribution < -0.4 is 15.4 Å². The van der Waals surface area contributed by atoms with Gasteiger partial charge in [0, 0.05) is 17.8 Å². The summed E-state index contributed by atoms with van der Waals surface area (Å²) >= 11 is 0. The Bertz CT molecular complexity index is 725. The molecule has 2 aromatic carbocycles. The van der Waals surface area contributed by atoms with Gasteiger partial charge in [-0.3, -0.25) is 4.79 Å². The highest BCUT2D eigenvalue weighted by atomic mass is 19.3. The number of amides is 1. The van der Waals surface area contributed by atoms with Gasteiger partial charge in [0.15, 0.2) is 0 Å². The molecule has 2 rings (SSSR count). The van der Waals surface area contributed by atoms with Crippen molar-refractivity contribution in [3.63, 3.8) is 0 Å². The summed E-state index contributed by atoms with van der Waals surface area (Å²) in [6.45, 7) is 3.87. The van der Waals surface area contributed by atoms with Gasteiger partial charge in [-0.05, 0) is 55.3 Å². The summed E-state index contributed by atoms with van der Waals surface area (Å²) in [6, 6.07) is 10.6. The highest BCUT2D eigenvalue weighted by molar-refractivity contribution is 6.05. The van der Waals surface area contributed by atoms with Gasteiger partial charge in [-0.25, -0.2) is 0 Å². The van der Waals surface area contributed by atoms with Crippen LogP contribution in [0.1, 0.15) is 34.0 Å². The molecule has 0 aliphatic carbocycles. The molecule has 0 aliphatic heterocycles. The van der Waals surface area contributed by atoms with Crippen LogP contribution in [0.2, 0.25) is 0 Å². The molecule has 0 radical (unpaired) electrons. The van der Waals surface area contributed by atoms with Crippen molar-refractivity contribution >= 4 is 11.6 Å². The number of hydrogen-bond acceptors (Lipinski definition) is 3. The zero-order chi connectivity index (χ0) is 18.4. The second-order valence-electron chi connectivity index (χ2n) is 5.71. The molecule has 134 valence electrons. The lowest BCUT2D eigenvalue weighted by atomic mass is 10.0. The van der Waals surface area contributed by atoms with Crippen LogP contribution in [0.25, 0.3) is 0 Å². The molecular formula is C19H22F2N2O2. The number of carbonyl (C=O) groups is 1. The van der Waals surface area contributed by atoms with Crippen LogP contribution >= 0.6 is 0 Å². The summed E-state index contributed by atoms with van der Waals surface area (Å²) in [5.41, 5.74) is 3.08. The first-order chi connectivity index (χ1) is 11.9. The topological polar surface area (TPSA) is 50.4 Å². The molecule has 0 atom stereocenters. The third-order valence-corrected chi connectivity index (χ3v) is 3.76. The van der Waals surface area contributed by atoms with E-state index < -0.39 is 6.61 Å². The summed E-state index contributed by atoms with van der Waals surface area (Å²) in [4.78, 5) is 12.6. The van der Waals surface area contributed by atoms with E-state index >= 15 is 0 Å². The molecule has 0 saturated carbocycles. The van der Waals surface area contributed by atoms with E-state index in [2.05, 4.69) is 15.4 Å². The number of nitrogens with one attached hydrogen (secondary N) is 2. The number of anilines is 1. The Balaban J connectivity index is 2.22. The van der Waals surface area contributed by atoms with Crippen LogP contribution in [0, 0.1) is 13.8 Å². The summed E-state index contributed by atoms with van der Waals surface area (Å²) in [5.74, 6) is -0.183. The summed E-state index contributed by atoms with van der Waals surface area (Å²) in [7, 11) is 0. The van der Waals surface area contributed by atoms with Gasteiger partial charge in [0.25, 0.3) is 5.91 Å². The molecule has 4 nitrogen and oxygen atoms in total. The van der Waals surface area contributed by atoms with Crippen LogP contribution in [0.5, 0.6) is 5.75 Å². The van der Waals surface area contributed by atoms with Crippen molar-refractivity contribution in [3.05, 3.63) is 58.7 Å². The average molecular weight is 348 g/mol. The van der Waals surface area contributed by atoms with Gasteiger partial charge >= 0.3 is 6.61 Å². The number of aryl methyl sites for hydroxylation is 2.